The van der Waals surface area contributed by atoms with E-state index in [0.717, 1.165) is 64.6 Å². The molecule has 0 amide bonds. The first-order valence-electron chi connectivity index (χ1n) is 16.2. The summed E-state index contributed by atoms with van der Waals surface area (Å²) in [4.78, 5) is 16.6. The predicted octanol–water partition coefficient (Wildman–Crippen LogP) is 11.0. The van der Waals surface area contributed by atoms with E-state index in [0.29, 0.717) is 0 Å². The Kier molecular flexibility index (Phi) is 10.5. The third kappa shape index (κ3) is 6.02. The van der Waals surface area contributed by atoms with Gasteiger partial charge < -0.3 is 14.5 Å². The number of ketones is 1. The molecule has 0 saturated carbocycles. The number of rotatable bonds is 7. The Bertz CT molecular complexity index is 1900. The molecule has 3 aromatic carbocycles. The maximum absolute atomic E-state index is 11.7. The number of benzene rings is 3. The third-order valence-corrected chi connectivity index (χ3v) is 9.73. The van der Waals surface area contributed by atoms with Gasteiger partial charge in [-0.1, -0.05) is 88.2 Å². The van der Waals surface area contributed by atoms with Crippen LogP contribution in [0.2, 0.25) is 0 Å². The summed E-state index contributed by atoms with van der Waals surface area (Å²) in [5, 5.41) is 14.6. The van der Waals surface area contributed by atoms with Crippen molar-refractivity contribution in [1.29, 1.82) is 0 Å². The van der Waals surface area contributed by atoms with E-state index in [9.17, 15) is 9.90 Å². The van der Waals surface area contributed by atoms with Gasteiger partial charge in [-0.15, -0.1) is 23.3 Å². The second kappa shape index (κ2) is 13.6. The number of aryl methyl sites for hydroxylation is 3. The van der Waals surface area contributed by atoms with Crippen LogP contribution < -0.4 is 0 Å². The zero-order valence-corrected chi connectivity index (χ0v) is 30.5. The van der Waals surface area contributed by atoms with Crippen molar-refractivity contribution in [3.8, 4) is 11.3 Å². The molecule has 0 atom stereocenters. The first kappa shape index (κ1) is 34.6. The zero-order valence-electron chi connectivity index (χ0n) is 28.1. The molecular weight excluding hydrogens is 735 g/mol. The Morgan fingerprint density at radius 1 is 0.933 bits per heavy atom. The van der Waals surface area contributed by atoms with Crippen molar-refractivity contribution in [2.24, 2.45) is 11.8 Å². The Morgan fingerprint density at radius 3 is 2.22 bits per heavy atom. The number of aromatic nitrogens is 1. The summed E-state index contributed by atoms with van der Waals surface area (Å²) in [6.45, 7) is 19.1. The fraction of sp³-hybridized carbons (Fsp3) is 0.400. The van der Waals surface area contributed by atoms with E-state index in [4.69, 9.17) is 9.40 Å². The predicted molar refractivity (Wildman–Crippen MR) is 183 cm³/mol. The number of allylic oxidation sites excluding steroid dienone is 2. The summed E-state index contributed by atoms with van der Waals surface area (Å²) in [5.74, 6) is 0.547. The van der Waals surface area contributed by atoms with Gasteiger partial charge in [0.1, 0.15) is 11.2 Å². The van der Waals surface area contributed by atoms with E-state index in [1.165, 1.54) is 38.9 Å². The van der Waals surface area contributed by atoms with E-state index in [1.54, 1.807) is 0 Å². The number of pyridine rings is 1. The van der Waals surface area contributed by atoms with Gasteiger partial charge in [0.25, 0.3) is 0 Å². The minimum absolute atomic E-state index is 0. The quantitative estimate of drug-likeness (QED) is 0.101. The van der Waals surface area contributed by atoms with Crippen molar-refractivity contribution in [3.05, 3.63) is 88.3 Å². The Hall–Kier alpha value is -3.27. The van der Waals surface area contributed by atoms with Crippen LogP contribution >= 0.6 is 0 Å². The minimum Gasteiger partial charge on any atom is -0.512 e. The van der Waals surface area contributed by atoms with Crippen molar-refractivity contribution < 1.29 is 34.4 Å². The first-order valence-corrected chi connectivity index (χ1v) is 16.2. The number of nitrogens with zero attached hydrogens (tertiary/aromatic N) is 1. The maximum atomic E-state index is 11.7. The smallest absolute Gasteiger partial charge is 0.162 e. The summed E-state index contributed by atoms with van der Waals surface area (Å²) in [6.07, 6.45) is 6.84. The largest absolute Gasteiger partial charge is 0.512 e. The first-order chi connectivity index (χ1) is 21.0. The van der Waals surface area contributed by atoms with Gasteiger partial charge in [0, 0.05) is 66.2 Å². The Morgan fingerprint density at radius 2 is 1.58 bits per heavy atom. The van der Waals surface area contributed by atoms with E-state index < -0.39 is 0 Å². The van der Waals surface area contributed by atoms with Gasteiger partial charge in [-0.25, -0.2) is 0 Å². The van der Waals surface area contributed by atoms with Crippen LogP contribution in [0.25, 0.3) is 44.0 Å². The molecule has 2 aromatic heterocycles. The standard InChI is InChI=1S/C27H22NO.C13H24O2.Ir/c1-14-6-9-18-17(12-14)8-10-19-23(18)27(4,5)20-11-7-15(2)25-21(20)22-24(19)28-13-16(3)26(22)29-25;1-5-10(6-2)12(14)9-13(15)11(7-3)8-4;/h6-9,11-13H,1-5H3;9-11,14H,5-8H2,1-4H3;/q-1;;/b;12-9-;. The molecule has 1 aliphatic carbocycles. The molecule has 0 aliphatic heterocycles. The number of aliphatic hydroxyl groups excluding tert-OH is 1. The summed E-state index contributed by atoms with van der Waals surface area (Å²) in [6, 6.07) is 16.9. The average Bonchev–Trinajstić information content (AvgIpc) is 3.37. The van der Waals surface area contributed by atoms with Gasteiger partial charge in [0.2, 0.25) is 0 Å². The number of carbonyl (C=O) groups is 1. The molecular formula is C40H46IrNO3-. The SMILES string of the molecule is CCC(CC)C(=O)/C=C(\O)C(CC)CC.Cc1ccc2c3c([c-]cc2c1)-c1ncc(C)c2oc4c(C)ccc(c4c12)C3(C)C.[Ir]. The number of aliphatic hydroxyl groups is 1. The molecule has 1 radical (unpaired) electrons. The number of hydrogen-bond donors (Lipinski definition) is 1. The maximum Gasteiger partial charge on any atom is 0.162 e. The molecule has 4 nitrogen and oxygen atoms in total. The van der Waals surface area contributed by atoms with Crippen molar-refractivity contribution in [2.75, 3.05) is 0 Å². The summed E-state index contributed by atoms with van der Waals surface area (Å²) in [5.41, 5.74) is 9.89. The van der Waals surface area contributed by atoms with Crippen LogP contribution in [0.5, 0.6) is 0 Å². The molecule has 2 heterocycles. The van der Waals surface area contributed by atoms with Crippen molar-refractivity contribution in [2.45, 2.75) is 93.4 Å². The fourth-order valence-electron chi connectivity index (χ4n) is 6.97. The number of furan rings is 1. The van der Waals surface area contributed by atoms with Gasteiger partial charge in [-0.05, 0) is 63.0 Å². The molecule has 239 valence electrons. The van der Waals surface area contributed by atoms with Crippen LogP contribution in [-0.4, -0.2) is 15.9 Å². The van der Waals surface area contributed by atoms with Gasteiger partial charge in [-0.3, -0.25) is 4.79 Å². The molecule has 0 bridgehead atoms. The van der Waals surface area contributed by atoms with E-state index in [1.807, 2.05) is 33.9 Å². The molecule has 0 spiro atoms. The van der Waals surface area contributed by atoms with Gasteiger partial charge in [0.05, 0.1) is 5.76 Å². The second-order valence-corrected chi connectivity index (χ2v) is 13.0. The van der Waals surface area contributed by atoms with Crippen LogP contribution in [0.1, 0.15) is 95.0 Å². The normalized spacial score (nSPS) is 13.6. The topological polar surface area (TPSA) is 63.3 Å². The van der Waals surface area contributed by atoms with Gasteiger partial charge in [-0.2, -0.15) is 0 Å². The Balaban J connectivity index is 0.000000249. The number of hydrogen-bond acceptors (Lipinski definition) is 4. The van der Waals surface area contributed by atoms with Gasteiger partial charge >= 0.3 is 0 Å². The monoisotopic (exact) mass is 781 g/mol. The molecule has 5 heteroatoms. The zero-order chi connectivity index (χ0) is 31.9. The summed E-state index contributed by atoms with van der Waals surface area (Å²) >= 11 is 0. The average molecular weight is 781 g/mol. The van der Waals surface area contributed by atoms with E-state index in [2.05, 4.69) is 77.1 Å². The summed E-state index contributed by atoms with van der Waals surface area (Å²) in [7, 11) is 0. The summed E-state index contributed by atoms with van der Waals surface area (Å²) < 4.78 is 6.43. The van der Waals surface area contributed by atoms with E-state index in [-0.39, 0.29) is 48.9 Å². The second-order valence-electron chi connectivity index (χ2n) is 13.0. The molecule has 1 N–H and O–H groups in total. The Labute approximate surface area is 281 Å². The van der Waals surface area contributed by atoms with Crippen molar-refractivity contribution in [3.63, 3.8) is 0 Å². The molecule has 6 rings (SSSR count). The third-order valence-electron chi connectivity index (χ3n) is 9.73. The van der Waals surface area contributed by atoms with Crippen LogP contribution in [0, 0.1) is 38.7 Å². The molecule has 1 aliphatic rings. The van der Waals surface area contributed by atoms with Crippen molar-refractivity contribution in [1.82, 2.24) is 4.98 Å². The van der Waals surface area contributed by atoms with Crippen molar-refractivity contribution >= 4 is 38.5 Å². The van der Waals surface area contributed by atoms with Gasteiger partial charge in [0.15, 0.2) is 5.78 Å². The molecule has 0 unspecified atom stereocenters. The molecule has 0 saturated heterocycles. The number of carbonyl (C=O) groups excluding carboxylic acids is 1. The van der Waals surface area contributed by atoms with Crippen LogP contribution in [0.4, 0.5) is 0 Å². The fourth-order valence-corrected chi connectivity index (χ4v) is 6.97. The van der Waals surface area contributed by atoms with Crippen LogP contribution in [-0.2, 0) is 30.3 Å². The molecule has 0 fully saturated rings. The molecule has 5 aromatic rings. The van der Waals surface area contributed by atoms with E-state index >= 15 is 0 Å². The van der Waals surface area contributed by atoms with Crippen LogP contribution in [0.15, 0.2) is 58.8 Å². The number of fused-ring (bicyclic) bond motifs is 4. The van der Waals surface area contributed by atoms with Crippen LogP contribution in [0.3, 0.4) is 0 Å². The molecule has 45 heavy (non-hydrogen) atoms. The minimum atomic E-state index is -0.210.